The molecule has 0 N–H and O–H groups in total. The molecule has 1 aliphatic rings. The van der Waals surface area contributed by atoms with Gasteiger partial charge in [0.15, 0.2) is 17.8 Å². The van der Waals surface area contributed by atoms with Gasteiger partial charge in [-0.05, 0) is 79.8 Å². The standard InChI is InChI=1S/C28H40O4/c1-5-22(6-2)25-14-17-27(28(20-25)29-4)32-21(3)30-18-19-31-26-15-12-24(13-16-26)23-10-8-7-9-11-23/h12-17,20-23H,5-11,18-19H2,1-4H3. The lowest BCUT2D eigenvalue weighted by Gasteiger charge is -2.22. The third-order valence-corrected chi connectivity index (χ3v) is 6.60. The van der Waals surface area contributed by atoms with Gasteiger partial charge in [-0.1, -0.05) is 51.3 Å². The van der Waals surface area contributed by atoms with Crippen molar-refractivity contribution in [2.24, 2.45) is 0 Å². The molecule has 1 atom stereocenters. The number of rotatable bonds is 12. The summed E-state index contributed by atoms with van der Waals surface area (Å²) in [5.74, 6) is 3.61. The van der Waals surface area contributed by atoms with Crippen LogP contribution < -0.4 is 14.2 Å². The van der Waals surface area contributed by atoms with E-state index in [9.17, 15) is 0 Å². The second-order valence-electron chi connectivity index (χ2n) is 8.73. The van der Waals surface area contributed by atoms with Crippen molar-refractivity contribution < 1.29 is 18.9 Å². The maximum Gasteiger partial charge on any atom is 0.197 e. The molecule has 4 heteroatoms. The van der Waals surface area contributed by atoms with Crippen LogP contribution in [0.5, 0.6) is 17.2 Å². The lowest BCUT2D eigenvalue weighted by Crippen LogP contribution is -2.20. The molecule has 1 fully saturated rings. The van der Waals surface area contributed by atoms with Crippen LogP contribution in [0.3, 0.4) is 0 Å². The maximum atomic E-state index is 5.97. The van der Waals surface area contributed by atoms with E-state index in [-0.39, 0.29) is 6.29 Å². The molecular weight excluding hydrogens is 400 g/mol. The average molecular weight is 441 g/mol. The minimum absolute atomic E-state index is 0.389. The highest BCUT2D eigenvalue weighted by Crippen LogP contribution is 2.34. The smallest absolute Gasteiger partial charge is 0.197 e. The fourth-order valence-electron chi connectivity index (χ4n) is 4.65. The fourth-order valence-corrected chi connectivity index (χ4v) is 4.65. The zero-order chi connectivity index (χ0) is 22.8. The van der Waals surface area contributed by atoms with E-state index in [1.807, 2.05) is 13.0 Å². The van der Waals surface area contributed by atoms with Gasteiger partial charge in [0.1, 0.15) is 12.4 Å². The van der Waals surface area contributed by atoms with Gasteiger partial charge in [-0.3, -0.25) is 0 Å². The summed E-state index contributed by atoms with van der Waals surface area (Å²) < 4.78 is 23.2. The number of hydrogen-bond acceptors (Lipinski definition) is 4. The highest BCUT2D eigenvalue weighted by atomic mass is 16.7. The van der Waals surface area contributed by atoms with Gasteiger partial charge in [0.25, 0.3) is 0 Å². The highest BCUT2D eigenvalue weighted by Gasteiger charge is 2.16. The third-order valence-electron chi connectivity index (χ3n) is 6.60. The first-order valence-electron chi connectivity index (χ1n) is 12.3. The molecule has 0 heterocycles. The maximum absolute atomic E-state index is 5.97. The molecule has 0 aromatic heterocycles. The van der Waals surface area contributed by atoms with Crippen molar-refractivity contribution in [3.63, 3.8) is 0 Å². The van der Waals surface area contributed by atoms with Crippen molar-refractivity contribution in [3.8, 4) is 17.2 Å². The summed E-state index contributed by atoms with van der Waals surface area (Å²) in [6.07, 6.45) is 8.57. The van der Waals surface area contributed by atoms with E-state index in [0.717, 1.165) is 30.3 Å². The lowest BCUT2D eigenvalue weighted by molar-refractivity contribution is -0.0748. The first-order chi connectivity index (χ1) is 15.6. The van der Waals surface area contributed by atoms with E-state index in [1.165, 1.54) is 43.2 Å². The van der Waals surface area contributed by atoms with Crippen molar-refractivity contribution in [2.45, 2.75) is 83.8 Å². The van der Waals surface area contributed by atoms with E-state index in [2.05, 4.69) is 50.2 Å². The minimum atomic E-state index is -0.389. The molecule has 0 radical (unpaired) electrons. The normalized spacial score (nSPS) is 15.5. The minimum Gasteiger partial charge on any atom is -0.493 e. The molecule has 0 aliphatic heterocycles. The van der Waals surface area contributed by atoms with Crippen molar-refractivity contribution in [1.82, 2.24) is 0 Å². The molecule has 1 saturated carbocycles. The molecule has 0 bridgehead atoms. The van der Waals surface area contributed by atoms with E-state index < -0.39 is 0 Å². The van der Waals surface area contributed by atoms with E-state index in [0.29, 0.717) is 24.9 Å². The van der Waals surface area contributed by atoms with Crippen molar-refractivity contribution in [3.05, 3.63) is 53.6 Å². The predicted octanol–water partition coefficient (Wildman–Crippen LogP) is 7.47. The first kappa shape index (κ1) is 24.4. The van der Waals surface area contributed by atoms with Gasteiger partial charge < -0.3 is 18.9 Å². The second-order valence-corrected chi connectivity index (χ2v) is 8.73. The summed E-state index contributed by atoms with van der Waals surface area (Å²) in [5, 5.41) is 0. The Bertz CT molecular complexity index is 792. The highest BCUT2D eigenvalue weighted by molar-refractivity contribution is 5.44. The third kappa shape index (κ3) is 6.90. The second kappa shape index (κ2) is 12.7. The molecule has 1 unspecified atom stereocenters. The zero-order valence-corrected chi connectivity index (χ0v) is 20.3. The van der Waals surface area contributed by atoms with Gasteiger partial charge in [0.05, 0.1) is 13.7 Å². The Morgan fingerprint density at radius 2 is 1.59 bits per heavy atom. The summed E-state index contributed by atoms with van der Waals surface area (Å²) >= 11 is 0. The number of benzene rings is 2. The van der Waals surface area contributed by atoms with Crippen LogP contribution in [0.1, 0.15) is 88.7 Å². The molecule has 2 aromatic rings. The first-order valence-corrected chi connectivity index (χ1v) is 12.3. The van der Waals surface area contributed by atoms with Gasteiger partial charge in [-0.15, -0.1) is 0 Å². The fraction of sp³-hybridized carbons (Fsp3) is 0.571. The molecule has 0 amide bonds. The Labute approximate surface area is 194 Å². The Morgan fingerprint density at radius 3 is 2.25 bits per heavy atom. The number of hydrogen-bond donors (Lipinski definition) is 0. The number of methoxy groups -OCH3 is 1. The molecule has 0 spiro atoms. The lowest BCUT2D eigenvalue weighted by atomic mass is 9.84. The van der Waals surface area contributed by atoms with Crippen LogP contribution in [0.15, 0.2) is 42.5 Å². The van der Waals surface area contributed by atoms with Gasteiger partial charge >= 0.3 is 0 Å². The largest absolute Gasteiger partial charge is 0.493 e. The molecule has 0 saturated heterocycles. The van der Waals surface area contributed by atoms with Crippen molar-refractivity contribution in [1.29, 1.82) is 0 Å². The van der Waals surface area contributed by atoms with Gasteiger partial charge in [-0.25, -0.2) is 0 Å². The summed E-state index contributed by atoms with van der Waals surface area (Å²) in [5.41, 5.74) is 2.73. The topological polar surface area (TPSA) is 36.9 Å². The predicted molar refractivity (Wildman–Crippen MR) is 130 cm³/mol. The van der Waals surface area contributed by atoms with Crippen molar-refractivity contribution in [2.75, 3.05) is 20.3 Å². The van der Waals surface area contributed by atoms with Crippen LogP contribution in [0.25, 0.3) is 0 Å². The van der Waals surface area contributed by atoms with Crippen LogP contribution >= 0.6 is 0 Å². The van der Waals surface area contributed by atoms with Crippen LogP contribution in [0.2, 0.25) is 0 Å². The summed E-state index contributed by atoms with van der Waals surface area (Å²) in [6, 6.07) is 14.8. The van der Waals surface area contributed by atoms with Gasteiger partial charge in [0.2, 0.25) is 0 Å². The summed E-state index contributed by atoms with van der Waals surface area (Å²) in [7, 11) is 1.68. The number of ether oxygens (including phenoxy) is 4. The molecule has 32 heavy (non-hydrogen) atoms. The quantitative estimate of drug-likeness (QED) is 0.253. The Balaban J connectivity index is 1.42. The SMILES string of the molecule is CCC(CC)c1ccc(OC(C)OCCOc2ccc(C3CCCCC3)cc2)c(OC)c1. The van der Waals surface area contributed by atoms with Crippen LogP contribution in [0.4, 0.5) is 0 Å². The molecule has 176 valence electrons. The van der Waals surface area contributed by atoms with Crippen LogP contribution in [-0.2, 0) is 4.74 Å². The zero-order valence-electron chi connectivity index (χ0n) is 20.3. The van der Waals surface area contributed by atoms with E-state index in [1.54, 1.807) is 7.11 Å². The molecular formula is C28H40O4. The van der Waals surface area contributed by atoms with Gasteiger partial charge in [-0.2, -0.15) is 0 Å². The average Bonchev–Trinajstić information content (AvgIpc) is 2.84. The summed E-state index contributed by atoms with van der Waals surface area (Å²) in [4.78, 5) is 0. The molecule has 2 aromatic carbocycles. The molecule has 3 rings (SSSR count). The van der Waals surface area contributed by atoms with E-state index >= 15 is 0 Å². The Kier molecular flexibility index (Phi) is 9.73. The van der Waals surface area contributed by atoms with E-state index in [4.69, 9.17) is 18.9 Å². The monoisotopic (exact) mass is 440 g/mol. The Hall–Kier alpha value is -2.20. The summed E-state index contributed by atoms with van der Waals surface area (Å²) in [6.45, 7) is 7.27. The molecule has 1 aliphatic carbocycles. The molecule has 4 nitrogen and oxygen atoms in total. The van der Waals surface area contributed by atoms with Crippen LogP contribution in [-0.4, -0.2) is 26.6 Å². The van der Waals surface area contributed by atoms with Crippen molar-refractivity contribution >= 4 is 0 Å². The van der Waals surface area contributed by atoms with Gasteiger partial charge in [0, 0.05) is 0 Å². The van der Waals surface area contributed by atoms with Crippen LogP contribution in [0, 0.1) is 0 Å². The Morgan fingerprint density at radius 1 is 0.875 bits per heavy atom.